The summed E-state index contributed by atoms with van der Waals surface area (Å²) in [5.41, 5.74) is 0. The Kier molecular flexibility index (Phi) is 12.6. The number of amides is 1. The van der Waals surface area contributed by atoms with Crippen LogP contribution >= 0.6 is 23.5 Å². The van der Waals surface area contributed by atoms with Gasteiger partial charge in [0.25, 0.3) is 0 Å². The number of rotatable bonds is 12. The monoisotopic (exact) mass is 331 g/mol. The SMILES string of the molecule is CCCCSCCSCCCCCN1CCCCCC1=O. The van der Waals surface area contributed by atoms with Crippen molar-refractivity contribution in [1.29, 1.82) is 0 Å². The van der Waals surface area contributed by atoms with E-state index >= 15 is 0 Å². The molecule has 1 saturated heterocycles. The first kappa shape index (κ1) is 19.2. The molecule has 0 saturated carbocycles. The van der Waals surface area contributed by atoms with Gasteiger partial charge in [-0.1, -0.05) is 26.2 Å². The molecule has 1 rings (SSSR count). The lowest BCUT2D eigenvalue weighted by atomic mass is 10.2. The highest BCUT2D eigenvalue weighted by atomic mass is 32.2. The highest BCUT2D eigenvalue weighted by Gasteiger charge is 2.15. The van der Waals surface area contributed by atoms with Crippen LogP contribution in [-0.2, 0) is 4.79 Å². The molecule has 0 bridgehead atoms. The van der Waals surface area contributed by atoms with Crippen LogP contribution in [0.4, 0.5) is 0 Å². The van der Waals surface area contributed by atoms with Crippen LogP contribution in [0.1, 0.15) is 64.7 Å². The van der Waals surface area contributed by atoms with Gasteiger partial charge in [0.1, 0.15) is 0 Å². The van der Waals surface area contributed by atoms with Gasteiger partial charge in [-0.3, -0.25) is 4.79 Å². The van der Waals surface area contributed by atoms with Gasteiger partial charge in [-0.25, -0.2) is 0 Å². The molecule has 0 aromatic heterocycles. The molecule has 0 aromatic rings. The van der Waals surface area contributed by atoms with E-state index < -0.39 is 0 Å². The maximum atomic E-state index is 11.8. The zero-order valence-electron chi connectivity index (χ0n) is 13.8. The molecule has 1 heterocycles. The molecule has 1 fully saturated rings. The summed E-state index contributed by atoms with van der Waals surface area (Å²) in [5.74, 6) is 5.64. The Morgan fingerprint density at radius 2 is 1.67 bits per heavy atom. The minimum Gasteiger partial charge on any atom is -0.343 e. The van der Waals surface area contributed by atoms with Crippen LogP contribution < -0.4 is 0 Å². The summed E-state index contributed by atoms with van der Waals surface area (Å²) in [6.07, 6.45) is 10.8. The smallest absolute Gasteiger partial charge is 0.222 e. The van der Waals surface area contributed by atoms with Crippen molar-refractivity contribution in [3.8, 4) is 0 Å². The third-order valence-electron chi connectivity index (χ3n) is 3.90. The average Bonchev–Trinajstić information content (AvgIpc) is 2.69. The summed E-state index contributed by atoms with van der Waals surface area (Å²) >= 11 is 4.20. The molecule has 124 valence electrons. The van der Waals surface area contributed by atoms with E-state index in [4.69, 9.17) is 0 Å². The predicted octanol–water partition coefficient (Wildman–Crippen LogP) is 4.83. The van der Waals surface area contributed by atoms with E-state index in [9.17, 15) is 4.79 Å². The standard InChI is InChI=1S/C17H33NOS2/c1-2-3-13-20-15-16-21-14-9-5-8-12-18-11-7-4-6-10-17(18)19/h2-16H2,1H3. The van der Waals surface area contributed by atoms with Crippen LogP contribution in [0, 0.1) is 0 Å². The Labute approximate surface area is 140 Å². The molecule has 21 heavy (non-hydrogen) atoms. The molecular weight excluding hydrogens is 298 g/mol. The van der Waals surface area contributed by atoms with Crippen molar-refractivity contribution in [2.45, 2.75) is 64.7 Å². The van der Waals surface area contributed by atoms with E-state index in [1.807, 2.05) is 0 Å². The van der Waals surface area contributed by atoms with Crippen molar-refractivity contribution < 1.29 is 4.79 Å². The van der Waals surface area contributed by atoms with Gasteiger partial charge < -0.3 is 4.90 Å². The Morgan fingerprint density at radius 3 is 2.43 bits per heavy atom. The maximum absolute atomic E-state index is 11.8. The van der Waals surface area contributed by atoms with E-state index in [2.05, 4.69) is 35.3 Å². The second-order valence-corrected chi connectivity index (χ2v) is 8.28. The van der Waals surface area contributed by atoms with Crippen LogP contribution in [0.25, 0.3) is 0 Å². The molecule has 1 aliphatic heterocycles. The first-order valence-electron chi connectivity index (χ1n) is 8.78. The fraction of sp³-hybridized carbons (Fsp3) is 0.941. The average molecular weight is 332 g/mol. The lowest BCUT2D eigenvalue weighted by Gasteiger charge is -2.20. The molecule has 1 amide bonds. The summed E-state index contributed by atoms with van der Waals surface area (Å²) < 4.78 is 0. The Morgan fingerprint density at radius 1 is 0.905 bits per heavy atom. The molecule has 1 aliphatic rings. The zero-order chi connectivity index (χ0) is 15.2. The predicted molar refractivity (Wildman–Crippen MR) is 98.5 cm³/mol. The number of carbonyl (C=O) groups is 1. The number of thioether (sulfide) groups is 2. The molecule has 0 N–H and O–H groups in total. The molecule has 0 radical (unpaired) electrons. The summed E-state index contributed by atoms with van der Waals surface area (Å²) in [5, 5.41) is 0. The normalized spacial score (nSPS) is 16.2. The van der Waals surface area contributed by atoms with Crippen molar-refractivity contribution in [2.75, 3.05) is 36.1 Å². The third-order valence-corrected chi connectivity index (χ3v) is 6.30. The van der Waals surface area contributed by atoms with Crippen molar-refractivity contribution in [2.24, 2.45) is 0 Å². The topological polar surface area (TPSA) is 20.3 Å². The van der Waals surface area contributed by atoms with Crippen LogP contribution in [0.3, 0.4) is 0 Å². The fourth-order valence-electron chi connectivity index (χ4n) is 2.53. The summed E-state index contributed by atoms with van der Waals surface area (Å²) in [6.45, 7) is 4.26. The maximum Gasteiger partial charge on any atom is 0.222 e. The number of hydrogen-bond acceptors (Lipinski definition) is 3. The van der Waals surface area contributed by atoms with Gasteiger partial charge in [0.15, 0.2) is 0 Å². The van der Waals surface area contributed by atoms with E-state index in [1.54, 1.807) is 0 Å². The summed E-state index contributed by atoms with van der Waals surface area (Å²) in [4.78, 5) is 13.9. The summed E-state index contributed by atoms with van der Waals surface area (Å²) in [7, 11) is 0. The Balaban J connectivity index is 1.84. The van der Waals surface area contributed by atoms with Gasteiger partial charge in [0, 0.05) is 31.0 Å². The van der Waals surface area contributed by atoms with Gasteiger partial charge in [-0.2, -0.15) is 23.5 Å². The van der Waals surface area contributed by atoms with Crippen molar-refractivity contribution >= 4 is 29.4 Å². The second kappa shape index (κ2) is 13.8. The highest BCUT2D eigenvalue weighted by molar-refractivity contribution is 8.02. The molecular formula is C17H33NOS2. The number of likely N-dealkylation sites (tertiary alicyclic amines) is 1. The first-order valence-corrected chi connectivity index (χ1v) is 11.1. The Bertz CT molecular complexity index is 261. The second-order valence-electron chi connectivity index (χ2n) is 5.83. The quantitative estimate of drug-likeness (QED) is 0.478. The van der Waals surface area contributed by atoms with E-state index in [-0.39, 0.29) is 0 Å². The van der Waals surface area contributed by atoms with Crippen LogP contribution in [0.2, 0.25) is 0 Å². The van der Waals surface area contributed by atoms with E-state index in [1.165, 1.54) is 68.0 Å². The van der Waals surface area contributed by atoms with Gasteiger partial charge in [0.2, 0.25) is 5.91 Å². The molecule has 0 aromatic carbocycles. The molecule has 0 unspecified atom stereocenters. The van der Waals surface area contributed by atoms with Crippen LogP contribution in [0.15, 0.2) is 0 Å². The van der Waals surface area contributed by atoms with Gasteiger partial charge >= 0.3 is 0 Å². The highest BCUT2D eigenvalue weighted by Crippen LogP contribution is 2.14. The van der Waals surface area contributed by atoms with Crippen LogP contribution in [0.5, 0.6) is 0 Å². The fourth-order valence-corrected chi connectivity index (χ4v) is 4.78. The van der Waals surface area contributed by atoms with Gasteiger partial charge in [-0.05, 0) is 43.6 Å². The van der Waals surface area contributed by atoms with Crippen molar-refractivity contribution in [1.82, 2.24) is 4.90 Å². The molecule has 0 spiro atoms. The first-order chi connectivity index (χ1) is 10.3. The molecule has 0 aliphatic carbocycles. The largest absolute Gasteiger partial charge is 0.343 e. The van der Waals surface area contributed by atoms with Gasteiger partial charge in [0.05, 0.1) is 0 Å². The van der Waals surface area contributed by atoms with E-state index in [0.717, 1.165) is 25.9 Å². The molecule has 4 heteroatoms. The Hall–Kier alpha value is 0.170. The van der Waals surface area contributed by atoms with E-state index in [0.29, 0.717) is 5.91 Å². The number of hydrogen-bond donors (Lipinski definition) is 0. The van der Waals surface area contributed by atoms with Gasteiger partial charge in [-0.15, -0.1) is 0 Å². The lowest BCUT2D eigenvalue weighted by Crippen LogP contribution is -2.31. The number of unbranched alkanes of at least 4 members (excludes halogenated alkanes) is 3. The van der Waals surface area contributed by atoms with Crippen LogP contribution in [-0.4, -0.2) is 46.9 Å². The zero-order valence-corrected chi connectivity index (χ0v) is 15.4. The minimum atomic E-state index is 0.394. The number of carbonyl (C=O) groups excluding carboxylic acids is 1. The summed E-state index contributed by atoms with van der Waals surface area (Å²) in [6, 6.07) is 0. The minimum absolute atomic E-state index is 0.394. The third kappa shape index (κ3) is 10.5. The number of nitrogens with zero attached hydrogens (tertiary/aromatic N) is 1. The molecule has 2 nitrogen and oxygen atoms in total. The van der Waals surface area contributed by atoms with Crippen molar-refractivity contribution in [3.05, 3.63) is 0 Å². The molecule has 0 atom stereocenters. The van der Waals surface area contributed by atoms with Crippen molar-refractivity contribution in [3.63, 3.8) is 0 Å². The lowest BCUT2D eigenvalue weighted by molar-refractivity contribution is -0.130.